The van der Waals surface area contributed by atoms with Gasteiger partial charge in [-0.15, -0.1) is 0 Å². The minimum Gasteiger partial charge on any atom is -0.393 e. The summed E-state index contributed by atoms with van der Waals surface area (Å²) in [5.74, 6) is -0.264. The molecule has 1 saturated heterocycles. The standard InChI is InChI=1S/C19H28N2O5S/c1-14-5-4-6-15(11-14)21(27(3,24)25)13-18(23)20-10-9-19(26-2)8-7-16(22)12-17(19)20/h4-6,11,16-17,22H,7-10,12-13H2,1-3H3/t16-,17-,19+/m0/s1. The van der Waals surface area contributed by atoms with Crippen LogP contribution < -0.4 is 4.31 Å². The molecule has 0 spiro atoms. The van der Waals surface area contributed by atoms with Crippen LogP contribution in [0.15, 0.2) is 24.3 Å². The second-order valence-electron chi connectivity index (χ2n) is 7.66. The average Bonchev–Trinajstić information content (AvgIpc) is 2.98. The minimum atomic E-state index is -3.62. The van der Waals surface area contributed by atoms with Crippen LogP contribution in [0.25, 0.3) is 0 Å². The monoisotopic (exact) mass is 396 g/mol. The predicted octanol–water partition coefficient (Wildman–Crippen LogP) is 1.29. The van der Waals surface area contributed by atoms with Gasteiger partial charge in [-0.2, -0.15) is 0 Å². The van der Waals surface area contributed by atoms with Crippen molar-refractivity contribution in [2.75, 3.05) is 30.8 Å². The van der Waals surface area contributed by atoms with Crippen LogP contribution in [0, 0.1) is 6.92 Å². The van der Waals surface area contributed by atoms with E-state index in [-0.39, 0.29) is 18.5 Å². The summed E-state index contributed by atoms with van der Waals surface area (Å²) in [5, 5.41) is 10.1. The van der Waals surface area contributed by atoms with Gasteiger partial charge >= 0.3 is 0 Å². The maximum absolute atomic E-state index is 13.1. The van der Waals surface area contributed by atoms with Crippen LogP contribution in [0.4, 0.5) is 5.69 Å². The van der Waals surface area contributed by atoms with Crippen molar-refractivity contribution >= 4 is 21.6 Å². The van der Waals surface area contributed by atoms with Gasteiger partial charge in [0, 0.05) is 13.7 Å². The molecule has 0 unspecified atom stereocenters. The van der Waals surface area contributed by atoms with E-state index in [1.54, 1.807) is 30.2 Å². The molecule has 150 valence electrons. The van der Waals surface area contributed by atoms with E-state index in [0.717, 1.165) is 16.1 Å². The Morgan fingerprint density at radius 3 is 2.78 bits per heavy atom. The van der Waals surface area contributed by atoms with Crippen LogP contribution in [0.2, 0.25) is 0 Å². The number of amides is 1. The van der Waals surface area contributed by atoms with Gasteiger partial charge in [-0.25, -0.2) is 8.42 Å². The number of carbonyl (C=O) groups is 1. The number of aliphatic hydroxyl groups excluding tert-OH is 1. The molecular formula is C19H28N2O5S. The van der Waals surface area contributed by atoms with Gasteiger partial charge in [-0.1, -0.05) is 12.1 Å². The number of hydrogen-bond donors (Lipinski definition) is 1. The third-order valence-electron chi connectivity index (χ3n) is 5.85. The molecule has 1 heterocycles. The number of sulfonamides is 1. The van der Waals surface area contributed by atoms with Gasteiger partial charge in [0.05, 0.1) is 29.7 Å². The molecule has 1 amide bonds. The van der Waals surface area contributed by atoms with E-state index in [0.29, 0.717) is 37.9 Å². The molecule has 2 fully saturated rings. The predicted molar refractivity (Wildman–Crippen MR) is 103 cm³/mol. The molecule has 1 N–H and O–H groups in total. The van der Waals surface area contributed by atoms with Crippen LogP contribution in [0.5, 0.6) is 0 Å². The number of anilines is 1. The summed E-state index contributed by atoms with van der Waals surface area (Å²) in [5.41, 5.74) is 0.962. The number of rotatable bonds is 5. The number of aliphatic hydroxyl groups is 1. The number of fused-ring (bicyclic) bond motifs is 1. The number of aryl methyl sites for hydroxylation is 1. The first-order chi connectivity index (χ1) is 12.7. The number of ether oxygens (including phenoxy) is 1. The topological polar surface area (TPSA) is 87.2 Å². The molecule has 0 radical (unpaired) electrons. The summed E-state index contributed by atoms with van der Waals surface area (Å²) < 4.78 is 31.6. The van der Waals surface area contributed by atoms with Crippen molar-refractivity contribution in [2.24, 2.45) is 0 Å². The molecule has 0 aromatic heterocycles. The Balaban J connectivity index is 1.84. The first-order valence-corrected chi connectivity index (χ1v) is 11.1. The minimum absolute atomic E-state index is 0.224. The molecule has 1 aromatic carbocycles. The lowest BCUT2D eigenvalue weighted by atomic mass is 9.79. The van der Waals surface area contributed by atoms with Crippen molar-refractivity contribution in [1.29, 1.82) is 0 Å². The van der Waals surface area contributed by atoms with Crippen LogP contribution in [0.3, 0.4) is 0 Å². The molecule has 27 heavy (non-hydrogen) atoms. The number of hydrogen-bond acceptors (Lipinski definition) is 5. The Morgan fingerprint density at radius 2 is 2.15 bits per heavy atom. The summed E-state index contributed by atoms with van der Waals surface area (Å²) in [4.78, 5) is 14.8. The second-order valence-corrected chi connectivity index (χ2v) is 9.57. The Kier molecular flexibility index (Phi) is 5.52. The Bertz CT molecular complexity index is 812. The Labute approximate surface area is 161 Å². The molecule has 7 nitrogen and oxygen atoms in total. The van der Waals surface area contributed by atoms with Crippen LogP contribution in [-0.2, 0) is 19.6 Å². The van der Waals surface area contributed by atoms with Crippen molar-refractivity contribution in [3.8, 4) is 0 Å². The average molecular weight is 397 g/mol. The van der Waals surface area contributed by atoms with Gasteiger partial charge in [0.15, 0.2) is 0 Å². The van der Waals surface area contributed by atoms with Crippen molar-refractivity contribution in [3.63, 3.8) is 0 Å². The molecule has 1 saturated carbocycles. The number of likely N-dealkylation sites (tertiary alicyclic amines) is 1. The van der Waals surface area contributed by atoms with E-state index in [2.05, 4.69) is 0 Å². The van der Waals surface area contributed by atoms with E-state index in [1.165, 1.54) is 0 Å². The first kappa shape index (κ1) is 20.1. The smallest absolute Gasteiger partial charge is 0.243 e. The van der Waals surface area contributed by atoms with Crippen molar-refractivity contribution in [2.45, 2.75) is 50.4 Å². The molecule has 8 heteroatoms. The Hall–Kier alpha value is -1.64. The van der Waals surface area contributed by atoms with Crippen LogP contribution in [-0.4, -0.2) is 68.5 Å². The molecule has 1 aliphatic carbocycles. The lowest BCUT2D eigenvalue weighted by Crippen LogP contribution is -2.54. The van der Waals surface area contributed by atoms with E-state index < -0.39 is 21.7 Å². The second kappa shape index (κ2) is 7.41. The highest BCUT2D eigenvalue weighted by atomic mass is 32.2. The maximum Gasteiger partial charge on any atom is 0.243 e. The fourth-order valence-electron chi connectivity index (χ4n) is 4.37. The van der Waals surface area contributed by atoms with Gasteiger partial charge in [0.1, 0.15) is 6.54 Å². The van der Waals surface area contributed by atoms with Crippen molar-refractivity contribution < 1.29 is 23.1 Å². The fourth-order valence-corrected chi connectivity index (χ4v) is 5.21. The molecule has 1 aliphatic heterocycles. The molecule has 1 aromatic rings. The number of carbonyl (C=O) groups excluding carboxylic acids is 1. The van der Waals surface area contributed by atoms with Gasteiger partial charge < -0.3 is 14.7 Å². The SMILES string of the molecule is CO[C@@]12CC[C@H](O)C[C@@H]1N(C(=O)CN(c1cccc(C)c1)S(C)(=O)=O)CC2. The van der Waals surface area contributed by atoms with E-state index in [9.17, 15) is 18.3 Å². The maximum atomic E-state index is 13.1. The van der Waals surface area contributed by atoms with E-state index in [4.69, 9.17) is 4.74 Å². The van der Waals surface area contributed by atoms with Crippen LogP contribution in [0.1, 0.15) is 31.2 Å². The molecular weight excluding hydrogens is 368 g/mol. The third-order valence-corrected chi connectivity index (χ3v) is 6.99. The number of nitrogens with zero attached hydrogens (tertiary/aromatic N) is 2. The summed E-state index contributed by atoms with van der Waals surface area (Å²) in [6.45, 7) is 2.13. The third kappa shape index (κ3) is 3.97. The van der Waals surface area contributed by atoms with Gasteiger partial charge in [0.25, 0.3) is 0 Å². The molecule has 2 aliphatic rings. The molecule has 0 bridgehead atoms. The molecule has 3 rings (SSSR count). The summed E-state index contributed by atoms with van der Waals surface area (Å²) >= 11 is 0. The lowest BCUT2D eigenvalue weighted by Gasteiger charge is -2.42. The lowest BCUT2D eigenvalue weighted by molar-refractivity contribution is -0.138. The zero-order valence-corrected chi connectivity index (χ0v) is 16.9. The zero-order chi connectivity index (χ0) is 19.8. The van der Waals surface area contributed by atoms with Gasteiger partial charge in [-0.3, -0.25) is 9.10 Å². The highest BCUT2D eigenvalue weighted by Gasteiger charge is 2.52. The van der Waals surface area contributed by atoms with Crippen LogP contribution >= 0.6 is 0 Å². The van der Waals surface area contributed by atoms with Crippen molar-refractivity contribution in [3.05, 3.63) is 29.8 Å². The normalized spacial score (nSPS) is 28.1. The van der Waals surface area contributed by atoms with E-state index >= 15 is 0 Å². The summed E-state index contributed by atoms with van der Waals surface area (Å²) in [6.07, 6.45) is 3.17. The molecule has 3 atom stereocenters. The van der Waals surface area contributed by atoms with Gasteiger partial charge in [0.2, 0.25) is 15.9 Å². The largest absolute Gasteiger partial charge is 0.393 e. The zero-order valence-electron chi connectivity index (χ0n) is 16.1. The number of benzene rings is 1. The fraction of sp³-hybridized carbons (Fsp3) is 0.632. The van der Waals surface area contributed by atoms with E-state index in [1.807, 2.05) is 13.0 Å². The highest BCUT2D eigenvalue weighted by molar-refractivity contribution is 7.92. The van der Waals surface area contributed by atoms with Gasteiger partial charge in [-0.05, 0) is 50.3 Å². The summed E-state index contributed by atoms with van der Waals surface area (Å²) in [7, 11) is -1.97. The quantitative estimate of drug-likeness (QED) is 0.810. The highest BCUT2D eigenvalue weighted by Crippen LogP contribution is 2.42. The first-order valence-electron chi connectivity index (χ1n) is 9.23. The number of methoxy groups -OCH3 is 1. The van der Waals surface area contributed by atoms with Crippen molar-refractivity contribution in [1.82, 2.24) is 4.90 Å². The summed E-state index contributed by atoms with van der Waals surface area (Å²) in [6, 6.07) is 6.87. The Morgan fingerprint density at radius 1 is 1.41 bits per heavy atom.